The fourth-order valence-electron chi connectivity index (χ4n) is 3.02. The summed E-state index contributed by atoms with van der Waals surface area (Å²) in [6.45, 7) is 6.07. The summed E-state index contributed by atoms with van der Waals surface area (Å²) >= 11 is 1.14. The third kappa shape index (κ3) is 4.53. The molecule has 9 heteroatoms. The molecular formula is C19H24FN3O3S2. The van der Waals surface area contributed by atoms with E-state index in [9.17, 15) is 17.6 Å². The molecule has 2 aromatic rings. The van der Waals surface area contributed by atoms with Gasteiger partial charge in [-0.15, -0.1) is 11.3 Å². The lowest BCUT2D eigenvalue weighted by Gasteiger charge is -2.35. The monoisotopic (exact) mass is 425 g/mol. The number of anilines is 1. The van der Waals surface area contributed by atoms with Gasteiger partial charge in [-0.3, -0.25) is 4.79 Å². The quantitative estimate of drug-likeness (QED) is 0.773. The summed E-state index contributed by atoms with van der Waals surface area (Å²) in [7, 11) is -3.75. The second-order valence-corrected chi connectivity index (χ2v) is 9.91. The lowest BCUT2D eigenvalue weighted by molar-refractivity contribution is 0.0950. The Balaban J connectivity index is 1.70. The molecule has 0 radical (unpaired) electrons. The fourth-order valence-corrected chi connectivity index (χ4v) is 5.76. The molecule has 1 N–H and O–H groups in total. The SMILES string of the molecule is CC(C)CNC(=O)c1sccc1S(=O)(=O)N1CCN(c2ccc(F)cc2)CC1. The van der Waals surface area contributed by atoms with Gasteiger partial charge in [-0.25, -0.2) is 12.8 Å². The number of nitrogens with one attached hydrogen (secondary N) is 1. The third-order valence-electron chi connectivity index (χ3n) is 4.55. The van der Waals surface area contributed by atoms with E-state index in [1.54, 1.807) is 17.5 Å². The predicted octanol–water partition coefficient (Wildman–Crippen LogP) is 2.78. The first-order chi connectivity index (χ1) is 13.3. The minimum absolute atomic E-state index is 0.0639. The second kappa shape index (κ2) is 8.59. The molecule has 0 spiro atoms. The molecule has 0 aliphatic carbocycles. The number of benzene rings is 1. The molecule has 2 heterocycles. The van der Waals surface area contributed by atoms with E-state index in [4.69, 9.17) is 0 Å². The van der Waals surface area contributed by atoms with Crippen molar-refractivity contribution in [2.75, 3.05) is 37.6 Å². The van der Waals surface area contributed by atoms with E-state index in [0.29, 0.717) is 32.7 Å². The number of hydrogen-bond donors (Lipinski definition) is 1. The smallest absolute Gasteiger partial charge is 0.262 e. The van der Waals surface area contributed by atoms with Crippen LogP contribution >= 0.6 is 11.3 Å². The third-order valence-corrected chi connectivity index (χ3v) is 7.54. The summed E-state index contributed by atoms with van der Waals surface area (Å²) in [5.41, 5.74) is 0.864. The van der Waals surface area contributed by atoms with Crippen molar-refractivity contribution in [1.82, 2.24) is 9.62 Å². The van der Waals surface area contributed by atoms with Gasteiger partial charge < -0.3 is 10.2 Å². The van der Waals surface area contributed by atoms with E-state index in [0.717, 1.165) is 17.0 Å². The normalized spacial score (nSPS) is 15.8. The molecule has 1 saturated heterocycles. The van der Waals surface area contributed by atoms with Gasteiger partial charge in [0.1, 0.15) is 15.6 Å². The van der Waals surface area contributed by atoms with Crippen LogP contribution in [0.2, 0.25) is 0 Å². The van der Waals surface area contributed by atoms with E-state index in [-0.39, 0.29) is 27.4 Å². The van der Waals surface area contributed by atoms with Crippen LogP contribution in [0.25, 0.3) is 0 Å². The van der Waals surface area contributed by atoms with E-state index in [1.165, 1.54) is 22.5 Å². The number of halogens is 1. The van der Waals surface area contributed by atoms with Crippen LogP contribution < -0.4 is 10.2 Å². The summed E-state index contributed by atoms with van der Waals surface area (Å²) in [6.07, 6.45) is 0. The molecule has 1 fully saturated rings. The Labute approximate surface area is 169 Å². The largest absolute Gasteiger partial charge is 0.369 e. The predicted molar refractivity (Wildman–Crippen MR) is 109 cm³/mol. The van der Waals surface area contributed by atoms with Gasteiger partial charge in [0, 0.05) is 38.4 Å². The van der Waals surface area contributed by atoms with Crippen molar-refractivity contribution >= 4 is 33.0 Å². The minimum atomic E-state index is -3.75. The zero-order valence-corrected chi connectivity index (χ0v) is 17.5. The summed E-state index contributed by atoms with van der Waals surface area (Å²) in [5, 5.41) is 4.41. The summed E-state index contributed by atoms with van der Waals surface area (Å²) in [4.78, 5) is 14.7. The number of rotatable bonds is 6. The number of hydrogen-bond acceptors (Lipinski definition) is 5. The zero-order valence-electron chi connectivity index (χ0n) is 15.9. The fraction of sp³-hybridized carbons (Fsp3) is 0.421. The van der Waals surface area contributed by atoms with Crippen molar-refractivity contribution in [2.24, 2.45) is 5.92 Å². The number of nitrogens with zero attached hydrogens (tertiary/aromatic N) is 2. The number of sulfonamides is 1. The molecule has 1 aromatic carbocycles. The van der Waals surface area contributed by atoms with Crippen molar-refractivity contribution in [3.63, 3.8) is 0 Å². The number of carbonyl (C=O) groups is 1. The summed E-state index contributed by atoms with van der Waals surface area (Å²) < 4.78 is 40.7. The Morgan fingerprint density at radius 1 is 1.14 bits per heavy atom. The van der Waals surface area contributed by atoms with Gasteiger partial charge in [0.2, 0.25) is 10.0 Å². The van der Waals surface area contributed by atoms with Crippen LogP contribution in [0.5, 0.6) is 0 Å². The van der Waals surface area contributed by atoms with E-state index in [2.05, 4.69) is 5.32 Å². The maximum atomic E-state index is 13.1. The standard InChI is InChI=1S/C19H24FN3O3S2/c1-14(2)13-21-19(24)18-17(7-12-27-18)28(25,26)23-10-8-22(9-11-23)16-5-3-15(20)4-6-16/h3-7,12,14H,8-11,13H2,1-2H3,(H,21,24). The van der Waals surface area contributed by atoms with Crippen molar-refractivity contribution in [2.45, 2.75) is 18.7 Å². The van der Waals surface area contributed by atoms with Crippen LogP contribution in [0.4, 0.5) is 10.1 Å². The lowest BCUT2D eigenvalue weighted by atomic mass is 10.2. The molecular weight excluding hydrogens is 401 g/mol. The molecule has 1 aliphatic rings. The molecule has 28 heavy (non-hydrogen) atoms. The van der Waals surface area contributed by atoms with Crippen molar-refractivity contribution < 1.29 is 17.6 Å². The molecule has 0 bridgehead atoms. The Morgan fingerprint density at radius 3 is 2.39 bits per heavy atom. The Morgan fingerprint density at radius 2 is 1.79 bits per heavy atom. The van der Waals surface area contributed by atoms with Crippen LogP contribution in [-0.4, -0.2) is 51.4 Å². The van der Waals surface area contributed by atoms with E-state index < -0.39 is 10.0 Å². The average molecular weight is 426 g/mol. The maximum absolute atomic E-state index is 13.1. The van der Waals surface area contributed by atoms with Crippen LogP contribution in [0, 0.1) is 11.7 Å². The lowest BCUT2D eigenvalue weighted by Crippen LogP contribution is -2.48. The highest BCUT2D eigenvalue weighted by molar-refractivity contribution is 7.89. The van der Waals surface area contributed by atoms with Crippen LogP contribution in [0.1, 0.15) is 23.5 Å². The molecule has 1 amide bonds. The van der Waals surface area contributed by atoms with Gasteiger partial charge in [-0.2, -0.15) is 4.31 Å². The molecule has 0 unspecified atom stereocenters. The average Bonchev–Trinajstić information content (AvgIpc) is 3.18. The van der Waals surface area contributed by atoms with Gasteiger partial charge in [0.25, 0.3) is 5.91 Å². The number of amides is 1. The van der Waals surface area contributed by atoms with Crippen LogP contribution in [0.3, 0.4) is 0 Å². The highest BCUT2D eigenvalue weighted by Crippen LogP contribution is 2.27. The minimum Gasteiger partial charge on any atom is -0.369 e. The first-order valence-electron chi connectivity index (χ1n) is 9.15. The number of carbonyl (C=O) groups excluding carboxylic acids is 1. The molecule has 3 rings (SSSR count). The van der Waals surface area contributed by atoms with Gasteiger partial charge >= 0.3 is 0 Å². The molecule has 6 nitrogen and oxygen atoms in total. The van der Waals surface area contributed by atoms with Gasteiger partial charge in [-0.1, -0.05) is 13.8 Å². The summed E-state index contributed by atoms with van der Waals surface area (Å²) in [6, 6.07) is 7.67. The number of thiophene rings is 1. The molecule has 0 saturated carbocycles. The van der Waals surface area contributed by atoms with Gasteiger partial charge in [0.15, 0.2) is 0 Å². The first-order valence-corrected chi connectivity index (χ1v) is 11.5. The van der Waals surface area contributed by atoms with Crippen molar-refractivity contribution in [3.05, 3.63) is 46.4 Å². The highest BCUT2D eigenvalue weighted by atomic mass is 32.2. The van der Waals surface area contributed by atoms with Crippen molar-refractivity contribution in [1.29, 1.82) is 0 Å². The Bertz CT molecular complexity index is 918. The van der Waals surface area contributed by atoms with Gasteiger partial charge in [-0.05, 0) is 41.6 Å². The van der Waals surface area contributed by atoms with E-state index in [1.807, 2.05) is 18.7 Å². The maximum Gasteiger partial charge on any atom is 0.262 e. The molecule has 152 valence electrons. The zero-order chi connectivity index (χ0) is 20.3. The van der Waals surface area contributed by atoms with Gasteiger partial charge in [0.05, 0.1) is 0 Å². The van der Waals surface area contributed by atoms with Crippen LogP contribution in [0.15, 0.2) is 40.6 Å². The highest BCUT2D eigenvalue weighted by Gasteiger charge is 2.32. The number of piperazine rings is 1. The van der Waals surface area contributed by atoms with Crippen molar-refractivity contribution in [3.8, 4) is 0 Å². The molecule has 1 aromatic heterocycles. The topological polar surface area (TPSA) is 69.7 Å². The second-order valence-electron chi connectivity index (χ2n) is 7.09. The Hall–Kier alpha value is -1.97. The van der Waals surface area contributed by atoms with E-state index >= 15 is 0 Å². The molecule has 0 atom stereocenters. The molecule has 1 aliphatic heterocycles. The Kier molecular flexibility index (Phi) is 6.36. The van der Waals surface area contributed by atoms with Crippen LogP contribution in [-0.2, 0) is 10.0 Å². The first kappa shape index (κ1) is 20.8. The summed E-state index contributed by atoms with van der Waals surface area (Å²) in [5.74, 6) is -0.374.